The monoisotopic (exact) mass is 358 g/mol. The highest BCUT2D eigenvalue weighted by Crippen LogP contribution is 2.22. The summed E-state index contributed by atoms with van der Waals surface area (Å²) in [5.74, 6) is 1.12. The molecule has 138 valence electrons. The normalized spacial score (nSPS) is 31.4. The van der Waals surface area contributed by atoms with E-state index in [0.717, 1.165) is 51.3 Å². The van der Waals surface area contributed by atoms with E-state index in [-0.39, 0.29) is 29.6 Å². The van der Waals surface area contributed by atoms with Crippen molar-refractivity contribution in [1.29, 1.82) is 0 Å². The third kappa shape index (κ3) is 4.70. The number of carbonyl (C=O) groups is 1. The van der Waals surface area contributed by atoms with E-state index < -0.39 is 9.84 Å². The maximum Gasteiger partial charge on any atom is 0.237 e. The molecule has 0 spiro atoms. The zero-order chi connectivity index (χ0) is 17.2. The van der Waals surface area contributed by atoms with Gasteiger partial charge in [-0.25, -0.2) is 8.42 Å². The van der Waals surface area contributed by atoms with Gasteiger partial charge in [0, 0.05) is 19.2 Å². The van der Waals surface area contributed by atoms with Crippen molar-refractivity contribution in [2.45, 2.75) is 51.2 Å². The zero-order valence-corrected chi connectivity index (χ0v) is 15.5. The average Bonchev–Trinajstić information content (AvgIpc) is 3.16. The Morgan fingerprint density at radius 2 is 1.96 bits per heavy atom. The van der Waals surface area contributed by atoms with E-state index in [1.54, 1.807) is 0 Å². The Morgan fingerprint density at radius 3 is 2.54 bits per heavy atom. The molecule has 0 bridgehead atoms. The minimum Gasteiger partial charge on any atom is -0.376 e. The Morgan fingerprint density at radius 1 is 1.21 bits per heavy atom. The molecule has 0 N–H and O–H groups in total. The van der Waals surface area contributed by atoms with Crippen molar-refractivity contribution >= 4 is 15.7 Å². The fraction of sp³-hybridized carbons (Fsp3) is 0.941. The predicted molar refractivity (Wildman–Crippen MR) is 92.6 cm³/mol. The Kier molecular flexibility index (Phi) is 5.82. The molecule has 3 aliphatic rings. The van der Waals surface area contributed by atoms with Gasteiger partial charge in [0.25, 0.3) is 0 Å². The molecule has 3 heterocycles. The molecule has 3 fully saturated rings. The lowest BCUT2D eigenvalue weighted by molar-refractivity contribution is -0.136. The molecule has 24 heavy (non-hydrogen) atoms. The summed E-state index contributed by atoms with van der Waals surface area (Å²) >= 11 is 0. The first kappa shape index (κ1) is 18.1. The molecule has 1 amide bonds. The molecule has 3 rings (SSSR count). The first-order chi connectivity index (χ1) is 11.4. The van der Waals surface area contributed by atoms with Gasteiger partial charge in [-0.2, -0.15) is 0 Å². The van der Waals surface area contributed by atoms with Crippen LogP contribution in [0, 0.1) is 5.92 Å². The van der Waals surface area contributed by atoms with Crippen LogP contribution >= 0.6 is 0 Å². The smallest absolute Gasteiger partial charge is 0.237 e. The molecular formula is C17H30N2O4S. The van der Waals surface area contributed by atoms with Crippen molar-refractivity contribution in [3.05, 3.63) is 0 Å². The summed E-state index contributed by atoms with van der Waals surface area (Å²) in [6, 6.07) is -0.171. The minimum absolute atomic E-state index is 0.0682. The van der Waals surface area contributed by atoms with Gasteiger partial charge in [-0.05, 0) is 51.1 Å². The van der Waals surface area contributed by atoms with Gasteiger partial charge < -0.3 is 9.64 Å². The van der Waals surface area contributed by atoms with Gasteiger partial charge in [0.15, 0.2) is 9.84 Å². The van der Waals surface area contributed by atoms with Crippen molar-refractivity contribution < 1.29 is 17.9 Å². The summed E-state index contributed by atoms with van der Waals surface area (Å²) in [6.45, 7) is 5.89. The van der Waals surface area contributed by atoms with Gasteiger partial charge in [-0.1, -0.05) is 6.92 Å². The lowest BCUT2D eigenvalue weighted by Crippen LogP contribution is -2.50. The lowest BCUT2D eigenvalue weighted by Gasteiger charge is -2.35. The number of rotatable bonds is 5. The average molecular weight is 359 g/mol. The molecule has 6 nitrogen and oxygen atoms in total. The van der Waals surface area contributed by atoms with Crippen LogP contribution in [0.1, 0.15) is 39.0 Å². The van der Waals surface area contributed by atoms with E-state index in [0.29, 0.717) is 19.5 Å². The van der Waals surface area contributed by atoms with Crippen LogP contribution in [0.4, 0.5) is 0 Å². The third-order valence-electron chi connectivity index (χ3n) is 5.63. The fourth-order valence-corrected chi connectivity index (χ4v) is 5.72. The second-order valence-electron chi connectivity index (χ2n) is 7.70. The van der Waals surface area contributed by atoms with E-state index in [4.69, 9.17) is 4.74 Å². The molecule has 3 saturated heterocycles. The van der Waals surface area contributed by atoms with Crippen LogP contribution in [0.15, 0.2) is 0 Å². The second kappa shape index (κ2) is 7.70. The van der Waals surface area contributed by atoms with Gasteiger partial charge in [-0.3, -0.25) is 9.69 Å². The van der Waals surface area contributed by atoms with Gasteiger partial charge in [0.05, 0.1) is 24.2 Å². The Hall–Kier alpha value is -0.660. The van der Waals surface area contributed by atoms with E-state index in [1.807, 2.05) is 4.90 Å². The standard InChI is InChI=1S/C17H30N2O4S/c1-14-4-7-18(8-5-14)12-17(20)19(11-16-3-2-9-23-16)15-6-10-24(21,22)13-15/h14-16H,2-13H2,1H3/t15-,16+/m0/s1. The molecule has 2 atom stereocenters. The van der Waals surface area contributed by atoms with Gasteiger partial charge in [0.1, 0.15) is 0 Å². The molecule has 7 heteroatoms. The second-order valence-corrected chi connectivity index (χ2v) is 9.93. The number of carbonyl (C=O) groups excluding carboxylic acids is 1. The number of hydrogen-bond acceptors (Lipinski definition) is 5. The molecule has 0 aromatic heterocycles. The summed E-state index contributed by atoms with van der Waals surface area (Å²) in [4.78, 5) is 16.9. The first-order valence-corrected chi connectivity index (χ1v) is 11.1. The Labute approximate surface area is 145 Å². The topological polar surface area (TPSA) is 66.9 Å². The van der Waals surface area contributed by atoms with Crippen molar-refractivity contribution in [2.24, 2.45) is 5.92 Å². The molecule has 0 aromatic carbocycles. The quantitative estimate of drug-likeness (QED) is 0.731. The molecule has 0 aliphatic carbocycles. The van der Waals surface area contributed by atoms with Crippen LogP contribution in [-0.2, 0) is 19.4 Å². The molecule has 3 aliphatic heterocycles. The summed E-state index contributed by atoms with van der Waals surface area (Å²) in [5, 5.41) is 0. The van der Waals surface area contributed by atoms with Crippen molar-refractivity contribution in [2.75, 3.05) is 44.3 Å². The molecule has 0 saturated carbocycles. The first-order valence-electron chi connectivity index (χ1n) is 9.27. The number of ether oxygens (including phenoxy) is 1. The largest absolute Gasteiger partial charge is 0.376 e. The number of amides is 1. The summed E-state index contributed by atoms with van der Waals surface area (Å²) in [6.07, 6.45) is 4.90. The molecule has 0 aromatic rings. The van der Waals surface area contributed by atoms with E-state index >= 15 is 0 Å². The molecule has 0 unspecified atom stereocenters. The molecule has 0 radical (unpaired) electrons. The Balaban J connectivity index is 1.62. The van der Waals surface area contributed by atoms with Crippen LogP contribution in [0.3, 0.4) is 0 Å². The number of sulfone groups is 1. The minimum atomic E-state index is -3.00. The highest BCUT2D eigenvalue weighted by atomic mass is 32.2. The van der Waals surface area contributed by atoms with Crippen molar-refractivity contribution in [3.8, 4) is 0 Å². The summed E-state index contributed by atoms with van der Waals surface area (Å²) in [5.41, 5.74) is 0. The van der Waals surface area contributed by atoms with Gasteiger partial charge in [-0.15, -0.1) is 0 Å². The van der Waals surface area contributed by atoms with Crippen molar-refractivity contribution in [1.82, 2.24) is 9.80 Å². The number of piperidine rings is 1. The maximum absolute atomic E-state index is 12.9. The highest BCUT2D eigenvalue weighted by molar-refractivity contribution is 7.91. The lowest BCUT2D eigenvalue weighted by atomic mass is 9.99. The Bertz CT molecular complexity index is 537. The van der Waals surface area contributed by atoms with Crippen LogP contribution in [0.5, 0.6) is 0 Å². The number of likely N-dealkylation sites (tertiary alicyclic amines) is 1. The van der Waals surface area contributed by atoms with E-state index in [9.17, 15) is 13.2 Å². The zero-order valence-electron chi connectivity index (χ0n) is 14.7. The number of hydrogen-bond donors (Lipinski definition) is 0. The van der Waals surface area contributed by atoms with Crippen LogP contribution in [0.2, 0.25) is 0 Å². The van der Waals surface area contributed by atoms with Gasteiger partial charge in [0.2, 0.25) is 5.91 Å². The van der Waals surface area contributed by atoms with Crippen molar-refractivity contribution in [3.63, 3.8) is 0 Å². The summed E-state index contributed by atoms with van der Waals surface area (Å²) < 4.78 is 29.4. The SMILES string of the molecule is CC1CCN(CC(=O)N(C[C@H]2CCCO2)[C@H]2CCS(=O)(=O)C2)CC1. The summed E-state index contributed by atoms with van der Waals surface area (Å²) in [7, 11) is -3.00. The van der Waals surface area contributed by atoms with Gasteiger partial charge >= 0.3 is 0 Å². The highest BCUT2D eigenvalue weighted by Gasteiger charge is 2.36. The molecular weight excluding hydrogens is 328 g/mol. The number of nitrogens with zero attached hydrogens (tertiary/aromatic N) is 2. The van der Waals surface area contributed by atoms with Crippen LogP contribution < -0.4 is 0 Å². The van der Waals surface area contributed by atoms with Crippen LogP contribution in [-0.4, -0.2) is 80.6 Å². The third-order valence-corrected chi connectivity index (χ3v) is 7.38. The van der Waals surface area contributed by atoms with E-state index in [2.05, 4.69) is 11.8 Å². The van der Waals surface area contributed by atoms with Crippen LogP contribution in [0.25, 0.3) is 0 Å². The van der Waals surface area contributed by atoms with E-state index in [1.165, 1.54) is 0 Å². The predicted octanol–water partition coefficient (Wildman–Crippen LogP) is 0.913. The fourth-order valence-electron chi connectivity index (χ4n) is 3.99. The maximum atomic E-state index is 12.9.